The third-order valence-electron chi connectivity index (χ3n) is 3.67. The molecule has 6 nitrogen and oxygen atoms in total. The Morgan fingerprint density at radius 1 is 1.16 bits per heavy atom. The molecule has 0 aliphatic heterocycles. The van der Waals surface area contributed by atoms with Crippen molar-refractivity contribution < 1.29 is 14.0 Å². The van der Waals surface area contributed by atoms with Gasteiger partial charge >= 0.3 is 0 Å². The van der Waals surface area contributed by atoms with E-state index in [2.05, 4.69) is 15.6 Å². The van der Waals surface area contributed by atoms with Gasteiger partial charge in [0, 0.05) is 25.6 Å². The Kier molecular flexibility index (Phi) is 4.74. The number of rotatable bonds is 5. The number of nitrogens with one attached hydrogen (secondary N) is 2. The summed E-state index contributed by atoms with van der Waals surface area (Å²) >= 11 is 0. The van der Waals surface area contributed by atoms with Crippen LogP contribution in [0, 0.1) is 5.82 Å². The van der Waals surface area contributed by atoms with Crippen LogP contribution in [0.15, 0.2) is 48.8 Å². The minimum absolute atomic E-state index is 0.0340. The molecule has 0 bridgehead atoms. The number of nitrogens with zero attached hydrogens (tertiary/aromatic N) is 2. The Bertz CT molecular complexity index is 936. The van der Waals surface area contributed by atoms with Gasteiger partial charge in [-0.1, -0.05) is 12.1 Å². The van der Waals surface area contributed by atoms with Crippen LogP contribution < -0.4 is 10.6 Å². The zero-order valence-corrected chi connectivity index (χ0v) is 13.6. The number of carbonyl (C=O) groups excluding carboxylic acids is 2. The Hall–Kier alpha value is -3.22. The fourth-order valence-corrected chi connectivity index (χ4v) is 2.53. The number of fused-ring (bicyclic) bond motifs is 1. The lowest BCUT2D eigenvalue weighted by atomic mass is 10.2. The Morgan fingerprint density at radius 2 is 1.96 bits per heavy atom. The minimum Gasteiger partial charge on any atom is -0.330 e. The first-order chi connectivity index (χ1) is 12.0. The molecule has 0 saturated carbocycles. The number of hydrogen-bond donors (Lipinski definition) is 2. The SMILES string of the molecule is CC(=O)Nc1ccc(F)c(NC(=O)CCn2cnc3ccccc32)c1. The molecular weight excluding hydrogens is 323 g/mol. The van der Waals surface area contributed by atoms with E-state index in [1.54, 1.807) is 6.33 Å². The predicted octanol–water partition coefficient (Wildman–Crippen LogP) is 3.16. The van der Waals surface area contributed by atoms with E-state index in [1.165, 1.54) is 25.1 Å². The highest BCUT2D eigenvalue weighted by atomic mass is 19.1. The van der Waals surface area contributed by atoms with Crippen LogP contribution in [0.2, 0.25) is 0 Å². The zero-order valence-electron chi connectivity index (χ0n) is 13.6. The molecule has 1 heterocycles. The summed E-state index contributed by atoms with van der Waals surface area (Å²) in [7, 11) is 0. The molecule has 3 aromatic rings. The molecule has 2 aromatic carbocycles. The number of aromatic nitrogens is 2. The highest BCUT2D eigenvalue weighted by Gasteiger charge is 2.10. The minimum atomic E-state index is -0.560. The number of carbonyl (C=O) groups is 2. The highest BCUT2D eigenvalue weighted by Crippen LogP contribution is 2.20. The van der Waals surface area contributed by atoms with E-state index in [-0.39, 0.29) is 23.9 Å². The number of amides is 2. The lowest BCUT2D eigenvalue weighted by molar-refractivity contribution is -0.116. The van der Waals surface area contributed by atoms with Crippen LogP contribution in [-0.2, 0) is 16.1 Å². The zero-order chi connectivity index (χ0) is 17.8. The summed E-state index contributed by atoms with van der Waals surface area (Å²) in [6, 6.07) is 11.7. The molecule has 0 unspecified atom stereocenters. The maximum atomic E-state index is 13.8. The Balaban J connectivity index is 1.65. The van der Waals surface area contributed by atoms with Gasteiger partial charge in [-0.05, 0) is 30.3 Å². The van der Waals surface area contributed by atoms with Crippen LogP contribution in [-0.4, -0.2) is 21.4 Å². The molecule has 0 aliphatic rings. The van der Waals surface area contributed by atoms with Gasteiger partial charge in [-0.15, -0.1) is 0 Å². The predicted molar refractivity (Wildman–Crippen MR) is 93.7 cm³/mol. The summed E-state index contributed by atoms with van der Waals surface area (Å²) in [5.41, 5.74) is 2.25. The third-order valence-corrected chi connectivity index (χ3v) is 3.67. The van der Waals surface area contributed by atoms with Crippen LogP contribution in [0.5, 0.6) is 0 Å². The standard InChI is InChI=1S/C18H17FN4O2/c1-12(24)21-13-6-7-14(19)16(10-13)22-18(25)8-9-23-11-20-15-4-2-3-5-17(15)23/h2-7,10-11H,8-9H2,1H3,(H,21,24)(H,22,25). The molecule has 25 heavy (non-hydrogen) atoms. The quantitative estimate of drug-likeness (QED) is 0.749. The van der Waals surface area contributed by atoms with Gasteiger partial charge in [-0.25, -0.2) is 9.37 Å². The molecule has 0 fully saturated rings. The molecular formula is C18H17FN4O2. The van der Waals surface area contributed by atoms with Crippen LogP contribution in [0.4, 0.5) is 15.8 Å². The summed E-state index contributed by atoms with van der Waals surface area (Å²) in [6.07, 6.45) is 1.85. The van der Waals surface area contributed by atoms with Gasteiger partial charge in [0.2, 0.25) is 11.8 Å². The summed E-state index contributed by atoms with van der Waals surface area (Å²) < 4.78 is 15.7. The lowest BCUT2D eigenvalue weighted by Crippen LogP contribution is -2.15. The number of halogens is 1. The van der Waals surface area contributed by atoms with E-state index in [9.17, 15) is 14.0 Å². The van der Waals surface area contributed by atoms with Gasteiger partial charge in [-0.3, -0.25) is 9.59 Å². The van der Waals surface area contributed by atoms with E-state index in [4.69, 9.17) is 0 Å². The lowest BCUT2D eigenvalue weighted by Gasteiger charge is -2.10. The first kappa shape index (κ1) is 16.6. The van der Waals surface area contributed by atoms with Crippen molar-refractivity contribution in [2.24, 2.45) is 0 Å². The number of aryl methyl sites for hydroxylation is 1. The van der Waals surface area contributed by atoms with Gasteiger partial charge in [0.15, 0.2) is 0 Å². The summed E-state index contributed by atoms with van der Waals surface area (Å²) in [5.74, 6) is -1.15. The summed E-state index contributed by atoms with van der Waals surface area (Å²) in [4.78, 5) is 27.5. The van der Waals surface area contributed by atoms with Crippen molar-refractivity contribution in [2.75, 3.05) is 10.6 Å². The molecule has 0 spiro atoms. The van der Waals surface area contributed by atoms with Crippen molar-refractivity contribution in [3.05, 3.63) is 54.6 Å². The molecule has 7 heteroatoms. The summed E-state index contributed by atoms with van der Waals surface area (Å²) in [5, 5.41) is 5.09. The molecule has 1 aromatic heterocycles. The molecule has 2 amide bonds. The Labute approximate surface area is 143 Å². The topological polar surface area (TPSA) is 76.0 Å². The van der Waals surface area contributed by atoms with Gasteiger partial charge < -0.3 is 15.2 Å². The molecule has 0 atom stereocenters. The first-order valence-electron chi connectivity index (χ1n) is 7.80. The summed E-state index contributed by atoms with van der Waals surface area (Å²) in [6.45, 7) is 1.79. The third kappa shape index (κ3) is 4.00. The van der Waals surface area contributed by atoms with E-state index in [1.807, 2.05) is 28.8 Å². The normalized spacial score (nSPS) is 10.6. The molecule has 3 rings (SSSR count). The molecule has 128 valence electrons. The fourth-order valence-electron chi connectivity index (χ4n) is 2.53. The van der Waals surface area contributed by atoms with E-state index in [0.29, 0.717) is 12.2 Å². The Morgan fingerprint density at radius 3 is 2.76 bits per heavy atom. The number of imidazole rings is 1. The van der Waals surface area contributed by atoms with Crippen LogP contribution in [0.25, 0.3) is 11.0 Å². The van der Waals surface area contributed by atoms with E-state index >= 15 is 0 Å². The number of para-hydroxylation sites is 2. The first-order valence-corrected chi connectivity index (χ1v) is 7.80. The molecule has 2 N–H and O–H groups in total. The van der Waals surface area contributed by atoms with E-state index < -0.39 is 5.82 Å². The van der Waals surface area contributed by atoms with Crippen molar-refractivity contribution in [2.45, 2.75) is 19.9 Å². The van der Waals surface area contributed by atoms with Gasteiger partial charge in [0.1, 0.15) is 5.82 Å². The van der Waals surface area contributed by atoms with Crippen LogP contribution in [0.3, 0.4) is 0 Å². The van der Waals surface area contributed by atoms with E-state index in [0.717, 1.165) is 11.0 Å². The molecule has 0 radical (unpaired) electrons. The molecule has 0 aliphatic carbocycles. The molecule has 0 saturated heterocycles. The van der Waals surface area contributed by atoms with Crippen molar-refractivity contribution in [1.29, 1.82) is 0 Å². The maximum Gasteiger partial charge on any atom is 0.226 e. The fraction of sp³-hybridized carbons (Fsp3) is 0.167. The second kappa shape index (κ2) is 7.12. The van der Waals surface area contributed by atoms with Gasteiger partial charge in [0.25, 0.3) is 0 Å². The smallest absolute Gasteiger partial charge is 0.226 e. The number of benzene rings is 2. The highest BCUT2D eigenvalue weighted by molar-refractivity contribution is 5.93. The second-order valence-corrected chi connectivity index (χ2v) is 5.60. The van der Waals surface area contributed by atoms with Crippen molar-refractivity contribution in [3.63, 3.8) is 0 Å². The van der Waals surface area contributed by atoms with Gasteiger partial charge in [-0.2, -0.15) is 0 Å². The van der Waals surface area contributed by atoms with Crippen LogP contribution in [0.1, 0.15) is 13.3 Å². The van der Waals surface area contributed by atoms with Crippen molar-refractivity contribution in [1.82, 2.24) is 9.55 Å². The van der Waals surface area contributed by atoms with Crippen LogP contribution >= 0.6 is 0 Å². The monoisotopic (exact) mass is 340 g/mol. The van der Waals surface area contributed by atoms with Crippen molar-refractivity contribution in [3.8, 4) is 0 Å². The average molecular weight is 340 g/mol. The maximum absolute atomic E-state index is 13.8. The van der Waals surface area contributed by atoms with Gasteiger partial charge in [0.05, 0.1) is 23.0 Å². The largest absolute Gasteiger partial charge is 0.330 e. The van der Waals surface area contributed by atoms with Crippen molar-refractivity contribution >= 4 is 34.2 Å². The number of hydrogen-bond acceptors (Lipinski definition) is 3. The number of anilines is 2. The average Bonchev–Trinajstić information content (AvgIpc) is 2.99. The second-order valence-electron chi connectivity index (χ2n) is 5.60.